The predicted octanol–water partition coefficient (Wildman–Crippen LogP) is 4.48. The van der Waals surface area contributed by atoms with E-state index in [0.717, 1.165) is 23.1 Å². The van der Waals surface area contributed by atoms with E-state index in [2.05, 4.69) is 15.7 Å². The molecule has 3 aromatic rings. The zero-order chi connectivity index (χ0) is 29.2. The number of carbonyl (C=O) groups is 1. The number of nitrogens with two attached hydrogens (primary N) is 2. The van der Waals surface area contributed by atoms with Gasteiger partial charge in [-0.2, -0.15) is 18.3 Å². The fraction of sp³-hybridized carbons (Fsp3) is 0.333. The van der Waals surface area contributed by atoms with Gasteiger partial charge in [0.15, 0.2) is 11.4 Å². The molecular weight excluding hydrogens is 536 g/mol. The van der Waals surface area contributed by atoms with E-state index >= 15 is 4.39 Å². The molecule has 6 N–H and O–H groups in total. The lowest BCUT2D eigenvalue weighted by Gasteiger charge is -2.39. The van der Waals surface area contributed by atoms with Gasteiger partial charge in [-0.15, -0.1) is 0 Å². The summed E-state index contributed by atoms with van der Waals surface area (Å²) in [7, 11) is 0. The minimum Gasteiger partial charge on any atom is -0.341 e. The van der Waals surface area contributed by atoms with Gasteiger partial charge in [-0.05, 0) is 60.2 Å². The van der Waals surface area contributed by atoms with E-state index in [1.807, 2.05) is 12.1 Å². The number of nitrogens with one attached hydrogen (secondary N) is 2. The molecule has 11 heteroatoms. The Bertz CT molecular complexity index is 1440. The Labute approximate surface area is 235 Å². The van der Waals surface area contributed by atoms with Gasteiger partial charge in [0.05, 0.1) is 17.8 Å². The van der Waals surface area contributed by atoms with E-state index < -0.39 is 35.5 Å². The fourth-order valence-corrected chi connectivity index (χ4v) is 4.95. The highest BCUT2D eigenvalue weighted by Gasteiger charge is 2.46. The second-order valence-electron chi connectivity index (χ2n) is 10.5. The maximum atomic E-state index is 17.2. The van der Waals surface area contributed by atoms with E-state index in [1.165, 1.54) is 18.2 Å². The lowest BCUT2D eigenvalue weighted by atomic mass is 9.81. The smallest absolute Gasteiger partial charge is 0.341 e. The Balaban J connectivity index is 1.49. The van der Waals surface area contributed by atoms with Gasteiger partial charge in [0.2, 0.25) is 0 Å². The maximum absolute atomic E-state index is 17.2. The minimum atomic E-state index is -4.80. The van der Waals surface area contributed by atoms with Crippen molar-refractivity contribution < 1.29 is 22.4 Å². The first-order valence-electron chi connectivity index (χ1n) is 13.5. The van der Waals surface area contributed by atoms with E-state index in [0.29, 0.717) is 36.2 Å². The average molecular weight is 569 g/mol. The third-order valence-corrected chi connectivity index (χ3v) is 7.45. The third-order valence-electron chi connectivity index (χ3n) is 7.45. The van der Waals surface area contributed by atoms with Crippen LogP contribution < -0.4 is 22.1 Å². The van der Waals surface area contributed by atoms with Gasteiger partial charge in [0.1, 0.15) is 5.69 Å². The summed E-state index contributed by atoms with van der Waals surface area (Å²) in [6.45, 7) is 1.07. The van der Waals surface area contributed by atoms with Crippen LogP contribution in [-0.2, 0) is 19.3 Å². The normalized spacial score (nSPS) is 21.2. The van der Waals surface area contributed by atoms with E-state index in [1.54, 1.807) is 42.5 Å². The van der Waals surface area contributed by atoms with Gasteiger partial charge < -0.3 is 22.1 Å². The monoisotopic (exact) mass is 568 g/mol. The second-order valence-corrected chi connectivity index (χ2v) is 10.5. The van der Waals surface area contributed by atoms with Crippen molar-refractivity contribution in [3.63, 3.8) is 0 Å². The number of alkyl halides is 4. The number of hydrogen-bond acceptors (Lipinski definition) is 5. The molecule has 1 fully saturated rings. The number of aromatic nitrogens is 2. The van der Waals surface area contributed by atoms with Crippen molar-refractivity contribution in [2.45, 2.75) is 49.9 Å². The van der Waals surface area contributed by atoms with Crippen LogP contribution in [0.4, 0.5) is 17.6 Å². The highest BCUT2D eigenvalue weighted by molar-refractivity contribution is 5.94. The Morgan fingerprint density at radius 2 is 1.78 bits per heavy atom. The van der Waals surface area contributed by atoms with Gasteiger partial charge in [0.25, 0.3) is 5.91 Å². The molecule has 0 bridgehead atoms. The topological polar surface area (TPSA) is 111 Å². The summed E-state index contributed by atoms with van der Waals surface area (Å²) in [4.78, 5) is 13.6. The summed E-state index contributed by atoms with van der Waals surface area (Å²) in [5, 5.41) is 9.66. The Kier molecular flexibility index (Phi) is 8.12. The molecule has 0 spiro atoms. The van der Waals surface area contributed by atoms with Crippen molar-refractivity contribution in [3.8, 4) is 5.69 Å². The van der Waals surface area contributed by atoms with Crippen molar-refractivity contribution in [1.29, 1.82) is 0 Å². The zero-order valence-corrected chi connectivity index (χ0v) is 22.2. The van der Waals surface area contributed by atoms with Gasteiger partial charge in [-0.25, -0.2) is 9.07 Å². The molecule has 7 nitrogen and oxygen atoms in total. The van der Waals surface area contributed by atoms with E-state index in [9.17, 15) is 18.0 Å². The molecule has 1 heterocycles. The Hall–Kier alpha value is -3.80. The second kappa shape index (κ2) is 11.6. The SMILES string of the molecule is NCc1ccc(C(NCC2CC2)C2(F)C=CC=CC2NC(=O)c2cc(C(F)(F)F)nn2-c2cccc(CN)c2)cc1. The number of rotatable bonds is 10. The highest BCUT2D eigenvalue weighted by atomic mass is 19.4. The van der Waals surface area contributed by atoms with Crippen LogP contribution in [0.2, 0.25) is 0 Å². The molecule has 41 heavy (non-hydrogen) atoms. The molecule has 216 valence electrons. The van der Waals surface area contributed by atoms with Crippen LogP contribution >= 0.6 is 0 Å². The average Bonchev–Trinajstić information content (AvgIpc) is 3.67. The first-order chi connectivity index (χ1) is 19.6. The van der Waals surface area contributed by atoms with Crippen LogP contribution in [0, 0.1) is 5.92 Å². The third kappa shape index (κ3) is 6.27. The lowest BCUT2D eigenvalue weighted by molar-refractivity contribution is -0.141. The Morgan fingerprint density at radius 3 is 2.44 bits per heavy atom. The molecule has 3 atom stereocenters. The van der Waals surface area contributed by atoms with Crippen LogP contribution in [-0.4, -0.2) is 33.9 Å². The first-order valence-corrected chi connectivity index (χ1v) is 13.5. The van der Waals surface area contributed by atoms with Crippen LogP contribution in [0.5, 0.6) is 0 Å². The first kappa shape index (κ1) is 28.7. The van der Waals surface area contributed by atoms with Crippen LogP contribution in [0.3, 0.4) is 0 Å². The molecule has 3 unspecified atom stereocenters. The van der Waals surface area contributed by atoms with Crippen molar-refractivity contribution >= 4 is 5.91 Å². The number of hydrogen-bond donors (Lipinski definition) is 4. The van der Waals surface area contributed by atoms with Gasteiger partial charge in [-0.3, -0.25) is 4.79 Å². The molecule has 0 saturated heterocycles. The molecule has 0 aliphatic heterocycles. The van der Waals surface area contributed by atoms with Gasteiger partial charge in [0, 0.05) is 19.2 Å². The highest BCUT2D eigenvalue weighted by Crippen LogP contribution is 2.39. The van der Waals surface area contributed by atoms with Gasteiger partial charge >= 0.3 is 6.18 Å². The molecular formula is C30H32F4N6O. The van der Waals surface area contributed by atoms with E-state index in [-0.39, 0.29) is 17.9 Å². The largest absolute Gasteiger partial charge is 0.435 e. The van der Waals surface area contributed by atoms with Crippen LogP contribution in [0.15, 0.2) is 78.9 Å². The number of carbonyl (C=O) groups excluding carboxylic acids is 1. The number of nitrogens with zero attached hydrogens (tertiary/aromatic N) is 2. The predicted molar refractivity (Wildman–Crippen MR) is 148 cm³/mol. The van der Waals surface area contributed by atoms with Crippen LogP contribution in [0.25, 0.3) is 5.69 Å². The summed E-state index contributed by atoms with van der Waals surface area (Å²) < 4.78 is 59.1. The molecule has 2 aromatic carbocycles. The minimum absolute atomic E-state index is 0.147. The molecule has 2 aliphatic carbocycles. The van der Waals surface area contributed by atoms with Crippen molar-refractivity contribution in [3.05, 3.63) is 107 Å². The molecule has 0 radical (unpaired) electrons. The number of benzene rings is 2. The summed E-state index contributed by atoms with van der Waals surface area (Å²) in [5.74, 6) is -0.461. The summed E-state index contributed by atoms with van der Waals surface area (Å²) in [5.41, 5.74) is 10.1. The molecule has 1 saturated carbocycles. The fourth-order valence-electron chi connectivity index (χ4n) is 4.95. The van der Waals surface area contributed by atoms with Gasteiger partial charge in [-0.1, -0.05) is 54.6 Å². The molecule has 2 aliphatic rings. The van der Waals surface area contributed by atoms with E-state index in [4.69, 9.17) is 11.5 Å². The maximum Gasteiger partial charge on any atom is 0.435 e. The summed E-state index contributed by atoms with van der Waals surface area (Å²) >= 11 is 0. The number of amides is 1. The van der Waals surface area contributed by atoms with Crippen LogP contribution in [0.1, 0.15) is 51.8 Å². The molecule has 1 aromatic heterocycles. The van der Waals surface area contributed by atoms with Crippen molar-refractivity contribution in [1.82, 2.24) is 20.4 Å². The molecule has 1 amide bonds. The lowest BCUT2D eigenvalue weighted by Crippen LogP contribution is -2.55. The quantitative estimate of drug-likeness (QED) is 0.270. The van der Waals surface area contributed by atoms with Crippen molar-refractivity contribution in [2.24, 2.45) is 17.4 Å². The summed E-state index contributed by atoms with van der Waals surface area (Å²) in [6, 6.07) is 12.3. The number of allylic oxidation sites excluding steroid dienone is 2. The molecule has 5 rings (SSSR count). The Morgan fingerprint density at radius 1 is 1.05 bits per heavy atom. The summed E-state index contributed by atoms with van der Waals surface area (Å²) in [6.07, 6.45) is 3.35. The standard InChI is InChI=1S/C30H32F4N6O/c31-29(27(37-18-20-7-8-20)22-11-9-19(16-35)10-12-22)13-2-1-6-25(29)38-28(41)24-15-26(30(32,33)34)39-40(24)23-5-3-4-21(14-23)17-36/h1-6,9-15,20,25,27,37H,7-8,16-18,35-36H2,(H,38,41). The van der Waals surface area contributed by atoms with Crippen molar-refractivity contribution in [2.75, 3.05) is 6.54 Å². The zero-order valence-electron chi connectivity index (χ0n) is 22.2. The number of halogens is 4.